The second-order valence-corrected chi connectivity index (χ2v) is 5.46. The number of aromatic nitrogens is 2. The summed E-state index contributed by atoms with van der Waals surface area (Å²) < 4.78 is 8.06. The van der Waals surface area contributed by atoms with Gasteiger partial charge in [0.2, 0.25) is 0 Å². The Kier molecular flexibility index (Phi) is 5.61. The van der Waals surface area contributed by atoms with Gasteiger partial charge in [-0.3, -0.25) is 0 Å². The van der Waals surface area contributed by atoms with Crippen LogP contribution in [0.1, 0.15) is 0 Å². The molecule has 0 spiro atoms. The van der Waals surface area contributed by atoms with Crippen molar-refractivity contribution in [2.24, 2.45) is 0 Å². The summed E-state index contributed by atoms with van der Waals surface area (Å²) in [5, 5.41) is 4.05. The maximum atomic E-state index is 5.33. The Morgan fingerprint density at radius 3 is 3.17 bits per heavy atom. The molecule has 0 atom stereocenters. The van der Waals surface area contributed by atoms with Crippen LogP contribution >= 0.6 is 46.1 Å². The highest BCUT2D eigenvalue weighted by Crippen LogP contribution is 2.09. The molecule has 0 amide bonds. The Balaban J connectivity index is 2.15. The van der Waals surface area contributed by atoms with E-state index in [2.05, 4.69) is 42.2 Å². The van der Waals surface area contributed by atoms with Crippen LogP contribution in [-0.4, -0.2) is 22.1 Å². The summed E-state index contributed by atoms with van der Waals surface area (Å²) in [6.45, 7) is 1.30. The lowest BCUT2D eigenvalue weighted by Crippen LogP contribution is -2.04. The third-order valence-corrected chi connectivity index (χ3v) is 3.18. The molecule has 12 heavy (non-hydrogen) atoms. The summed E-state index contributed by atoms with van der Waals surface area (Å²) >= 11 is 5.56. The smallest absolute Gasteiger partial charge is 0.139 e. The first-order valence-electron chi connectivity index (χ1n) is 3.32. The molecule has 0 fully saturated rings. The third-order valence-electron chi connectivity index (χ3n) is 1.13. The zero-order valence-corrected chi connectivity index (χ0v) is 10.8. The molecular weight excluding hydrogens is 355 g/mol. The minimum atomic E-state index is 0.531. The topological polar surface area (TPSA) is 27.1 Å². The summed E-state index contributed by atoms with van der Waals surface area (Å²) in [6, 6.07) is 0. The average molecular weight is 363 g/mol. The fourth-order valence-corrected chi connectivity index (χ4v) is 1.71. The van der Waals surface area contributed by atoms with Gasteiger partial charge >= 0.3 is 0 Å². The third kappa shape index (κ3) is 4.11. The zero-order valence-electron chi connectivity index (χ0n) is 6.24. The molecule has 1 aromatic heterocycles. The van der Waals surface area contributed by atoms with Gasteiger partial charge in [-0.25, -0.2) is 4.68 Å². The molecule has 0 unspecified atom stereocenters. The van der Waals surface area contributed by atoms with E-state index in [-0.39, 0.29) is 0 Å². The van der Waals surface area contributed by atoms with Crippen LogP contribution in [0, 0.1) is 0 Å². The Morgan fingerprint density at radius 1 is 1.75 bits per heavy atom. The van der Waals surface area contributed by atoms with Gasteiger partial charge in [0.1, 0.15) is 6.73 Å². The number of hydrogen-bond donors (Lipinski definition) is 0. The second-order valence-electron chi connectivity index (χ2n) is 2.05. The molecule has 1 aromatic rings. The highest BCUT2D eigenvalue weighted by atomic mass is 127. The predicted octanol–water partition coefficient (Wildman–Crippen LogP) is 2.70. The molecular formula is C6H8BrIN2OS. The van der Waals surface area contributed by atoms with Crippen LogP contribution < -0.4 is 0 Å². The van der Waals surface area contributed by atoms with Crippen LogP contribution in [-0.2, 0) is 11.5 Å². The minimum absolute atomic E-state index is 0.531. The van der Waals surface area contributed by atoms with Gasteiger partial charge in [0, 0.05) is 11.9 Å². The zero-order chi connectivity index (χ0) is 8.81. The van der Waals surface area contributed by atoms with E-state index in [0.717, 1.165) is 16.8 Å². The van der Waals surface area contributed by atoms with E-state index in [0.29, 0.717) is 6.73 Å². The Labute approximate surface area is 95.9 Å². The molecule has 0 bridgehead atoms. The van der Waals surface area contributed by atoms with Crippen LogP contribution in [0.5, 0.6) is 0 Å². The van der Waals surface area contributed by atoms with E-state index in [4.69, 9.17) is 4.74 Å². The van der Waals surface area contributed by atoms with Crippen LogP contribution in [0.25, 0.3) is 0 Å². The van der Waals surface area contributed by atoms with Crippen molar-refractivity contribution in [2.75, 3.05) is 12.4 Å². The molecule has 68 valence electrons. The summed E-state index contributed by atoms with van der Waals surface area (Å²) in [5.74, 6) is 1.02. The van der Waals surface area contributed by atoms with E-state index < -0.39 is 0 Å². The first-order valence-corrected chi connectivity index (χ1v) is 7.64. The molecule has 1 heterocycles. The van der Waals surface area contributed by atoms with Gasteiger partial charge in [0.15, 0.2) is 0 Å². The fourth-order valence-electron chi connectivity index (χ4n) is 0.657. The van der Waals surface area contributed by atoms with Crippen LogP contribution in [0.4, 0.5) is 0 Å². The standard InChI is InChI=1S/C6H8BrIN2OS/c7-6-3-9-10(4-6)5-11-1-2-12-8/h3-4H,1-2,5H2. The van der Waals surface area contributed by atoms with Crippen molar-refractivity contribution in [3.8, 4) is 0 Å². The quantitative estimate of drug-likeness (QED) is 0.595. The molecule has 0 saturated carbocycles. The Morgan fingerprint density at radius 2 is 2.58 bits per heavy atom. The fraction of sp³-hybridized carbons (Fsp3) is 0.500. The maximum Gasteiger partial charge on any atom is 0.139 e. The molecule has 1 rings (SSSR count). The Bertz CT molecular complexity index is 233. The molecule has 0 aliphatic heterocycles. The highest BCUT2D eigenvalue weighted by Gasteiger charge is 1.93. The van der Waals surface area contributed by atoms with Gasteiger partial charge in [-0.05, 0) is 37.1 Å². The minimum Gasteiger partial charge on any atom is -0.358 e. The van der Waals surface area contributed by atoms with E-state index in [1.807, 2.05) is 6.20 Å². The first kappa shape index (κ1) is 10.8. The number of nitrogens with zero attached hydrogens (tertiary/aromatic N) is 2. The normalized spacial score (nSPS) is 10.5. The largest absolute Gasteiger partial charge is 0.358 e. The SMILES string of the molecule is Brc1cnn(COCCSI)c1. The lowest BCUT2D eigenvalue weighted by Gasteiger charge is -2.01. The van der Waals surface area contributed by atoms with Crippen molar-refractivity contribution in [1.82, 2.24) is 9.78 Å². The monoisotopic (exact) mass is 362 g/mol. The summed E-state index contributed by atoms with van der Waals surface area (Å²) in [5.41, 5.74) is 0. The molecule has 3 nitrogen and oxygen atoms in total. The van der Waals surface area contributed by atoms with Crippen molar-refractivity contribution >= 4 is 46.1 Å². The van der Waals surface area contributed by atoms with E-state index in [1.165, 1.54) is 0 Å². The van der Waals surface area contributed by atoms with Gasteiger partial charge < -0.3 is 4.74 Å². The van der Waals surface area contributed by atoms with Crippen molar-refractivity contribution in [3.05, 3.63) is 16.9 Å². The van der Waals surface area contributed by atoms with Crippen molar-refractivity contribution in [2.45, 2.75) is 6.73 Å². The number of hydrogen-bond acceptors (Lipinski definition) is 3. The van der Waals surface area contributed by atoms with E-state index in [1.54, 1.807) is 19.8 Å². The predicted molar refractivity (Wildman–Crippen MR) is 62.4 cm³/mol. The lowest BCUT2D eigenvalue weighted by atomic mass is 10.7. The summed E-state index contributed by atoms with van der Waals surface area (Å²) in [7, 11) is 1.75. The van der Waals surface area contributed by atoms with Crippen molar-refractivity contribution in [1.29, 1.82) is 0 Å². The van der Waals surface area contributed by atoms with Gasteiger partial charge in [-0.1, -0.05) is 8.93 Å². The highest BCUT2D eigenvalue weighted by molar-refractivity contribution is 14.2. The van der Waals surface area contributed by atoms with Crippen LogP contribution in [0.3, 0.4) is 0 Å². The number of ether oxygens (including phenoxy) is 1. The van der Waals surface area contributed by atoms with Crippen molar-refractivity contribution < 1.29 is 4.74 Å². The second kappa shape index (κ2) is 6.22. The molecule has 0 saturated heterocycles. The molecule has 6 heteroatoms. The van der Waals surface area contributed by atoms with Gasteiger partial charge in [0.05, 0.1) is 17.3 Å². The molecule has 0 aliphatic rings. The Hall–Kier alpha value is 0.730. The number of halogens is 2. The maximum absolute atomic E-state index is 5.33. The van der Waals surface area contributed by atoms with Crippen LogP contribution in [0.2, 0.25) is 0 Å². The van der Waals surface area contributed by atoms with E-state index >= 15 is 0 Å². The molecule has 0 aromatic carbocycles. The van der Waals surface area contributed by atoms with E-state index in [9.17, 15) is 0 Å². The van der Waals surface area contributed by atoms with Gasteiger partial charge in [-0.2, -0.15) is 5.10 Å². The molecule has 0 N–H and O–H groups in total. The van der Waals surface area contributed by atoms with Crippen molar-refractivity contribution in [3.63, 3.8) is 0 Å². The summed E-state index contributed by atoms with van der Waals surface area (Å²) in [4.78, 5) is 0. The molecule has 0 aliphatic carbocycles. The van der Waals surface area contributed by atoms with Gasteiger partial charge in [-0.15, -0.1) is 0 Å². The van der Waals surface area contributed by atoms with Crippen LogP contribution in [0.15, 0.2) is 16.9 Å². The number of rotatable bonds is 5. The van der Waals surface area contributed by atoms with Gasteiger partial charge in [0.25, 0.3) is 0 Å². The average Bonchev–Trinajstić information content (AvgIpc) is 2.45. The molecule has 0 radical (unpaired) electrons. The lowest BCUT2D eigenvalue weighted by molar-refractivity contribution is 0.0812. The summed E-state index contributed by atoms with van der Waals surface area (Å²) in [6.07, 6.45) is 3.63. The first-order chi connectivity index (χ1) is 5.83.